The zero-order valence-electron chi connectivity index (χ0n) is 9.93. The predicted molar refractivity (Wildman–Crippen MR) is 60.1 cm³/mol. The highest BCUT2D eigenvalue weighted by molar-refractivity contribution is 4.68. The number of nitrogens with one attached hydrogen (secondary N) is 1. The van der Waals surface area contributed by atoms with Gasteiger partial charge in [-0.1, -0.05) is 27.7 Å². The van der Waals surface area contributed by atoms with E-state index < -0.39 is 0 Å². The van der Waals surface area contributed by atoms with Crippen LogP contribution in [0.3, 0.4) is 0 Å². The van der Waals surface area contributed by atoms with E-state index in [1.807, 2.05) is 0 Å². The van der Waals surface area contributed by atoms with Gasteiger partial charge in [0, 0.05) is 19.1 Å². The van der Waals surface area contributed by atoms with E-state index >= 15 is 0 Å². The van der Waals surface area contributed by atoms with Gasteiger partial charge in [0.1, 0.15) is 0 Å². The van der Waals surface area contributed by atoms with Gasteiger partial charge < -0.3 is 10.2 Å². The van der Waals surface area contributed by atoms with Gasteiger partial charge in [-0.3, -0.25) is 0 Å². The first-order valence-electron chi connectivity index (χ1n) is 5.53. The molecule has 1 unspecified atom stereocenters. The highest BCUT2D eigenvalue weighted by atomic mass is 15.1. The molecule has 0 aromatic rings. The maximum Gasteiger partial charge on any atom is 0.0104 e. The van der Waals surface area contributed by atoms with E-state index in [1.54, 1.807) is 0 Å². The number of nitrogens with zero attached hydrogens (tertiary/aromatic N) is 1. The molecule has 0 amide bonds. The van der Waals surface area contributed by atoms with E-state index in [2.05, 4.69) is 45.0 Å². The third-order valence-electron chi connectivity index (χ3n) is 2.68. The fourth-order valence-electron chi connectivity index (χ4n) is 1.45. The molecule has 0 aliphatic rings. The molecule has 1 N–H and O–H groups in total. The second-order valence-corrected chi connectivity index (χ2v) is 4.11. The first-order chi connectivity index (χ1) is 6.11. The Morgan fingerprint density at radius 3 is 2.23 bits per heavy atom. The SMILES string of the molecule is CCC(NCCN(C)CC)C(C)C. The van der Waals surface area contributed by atoms with Crippen molar-refractivity contribution >= 4 is 0 Å². The maximum atomic E-state index is 3.59. The lowest BCUT2D eigenvalue weighted by molar-refractivity contribution is 0.318. The van der Waals surface area contributed by atoms with Crippen LogP contribution in [-0.4, -0.2) is 37.6 Å². The van der Waals surface area contributed by atoms with Gasteiger partial charge in [-0.15, -0.1) is 0 Å². The zero-order chi connectivity index (χ0) is 10.3. The molecule has 0 aliphatic heterocycles. The molecule has 0 rings (SSSR count). The van der Waals surface area contributed by atoms with E-state index in [0.29, 0.717) is 6.04 Å². The lowest BCUT2D eigenvalue weighted by atomic mass is 10.0. The summed E-state index contributed by atoms with van der Waals surface area (Å²) in [6.07, 6.45) is 1.23. The van der Waals surface area contributed by atoms with Crippen molar-refractivity contribution in [2.45, 2.75) is 40.2 Å². The van der Waals surface area contributed by atoms with Gasteiger partial charge >= 0.3 is 0 Å². The highest BCUT2D eigenvalue weighted by Gasteiger charge is 2.09. The normalized spacial score (nSPS) is 14.1. The topological polar surface area (TPSA) is 15.3 Å². The van der Waals surface area contributed by atoms with Crippen LogP contribution in [0, 0.1) is 5.92 Å². The Morgan fingerprint density at radius 1 is 1.23 bits per heavy atom. The van der Waals surface area contributed by atoms with Crippen molar-refractivity contribution in [1.82, 2.24) is 10.2 Å². The minimum absolute atomic E-state index is 0.685. The smallest absolute Gasteiger partial charge is 0.0104 e. The standard InChI is InChI=1S/C11H26N2/c1-6-11(10(3)4)12-8-9-13(5)7-2/h10-12H,6-9H2,1-5H3. The van der Waals surface area contributed by atoms with Crippen molar-refractivity contribution in [3.63, 3.8) is 0 Å². The van der Waals surface area contributed by atoms with Crippen molar-refractivity contribution in [3.8, 4) is 0 Å². The first kappa shape index (κ1) is 12.9. The summed E-state index contributed by atoms with van der Waals surface area (Å²) in [5.41, 5.74) is 0. The Kier molecular flexibility index (Phi) is 7.29. The molecule has 13 heavy (non-hydrogen) atoms. The molecule has 0 aromatic carbocycles. The molecular weight excluding hydrogens is 160 g/mol. The summed E-state index contributed by atoms with van der Waals surface area (Å²) in [5, 5.41) is 3.59. The zero-order valence-corrected chi connectivity index (χ0v) is 9.93. The van der Waals surface area contributed by atoms with E-state index in [1.165, 1.54) is 6.42 Å². The van der Waals surface area contributed by atoms with Gasteiger partial charge in [-0.05, 0) is 25.9 Å². The van der Waals surface area contributed by atoms with Crippen molar-refractivity contribution in [1.29, 1.82) is 0 Å². The van der Waals surface area contributed by atoms with Gasteiger partial charge in [0.25, 0.3) is 0 Å². The molecule has 0 saturated heterocycles. The molecule has 80 valence electrons. The largest absolute Gasteiger partial charge is 0.312 e. The van der Waals surface area contributed by atoms with Crippen LogP contribution in [0.1, 0.15) is 34.1 Å². The molecule has 2 heteroatoms. The highest BCUT2D eigenvalue weighted by Crippen LogP contribution is 2.04. The van der Waals surface area contributed by atoms with Crippen molar-refractivity contribution in [2.24, 2.45) is 5.92 Å². The molecule has 0 bridgehead atoms. The van der Waals surface area contributed by atoms with Gasteiger partial charge in [0.05, 0.1) is 0 Å². The average molecular weight is 186 g/mol. The Bertz CT molecular complexity index is 113. The van der Waals surface area contributed by atoms with Crippen LogP contribution in [0.2, 0.25) is 0 Å². The minimum Gasteiger partial charge on any atom is -0.312 e. The molecule has 0 heterocycles. The van der Waals surface area contributed by atoms with Gasteiger partial charge in [0.15, 0.2) is 0 Å². The van der Waals surface area contributed by atoms with Crippen LogP contribution in [0.15, 0.2) is 0 Å². The van der Waals surface area contributed by atoms with Crippen LogP contribution in [-0.2, 0) is 0 Å². The summed E-state index contributed by atoms with van der Waals surface area (Å²) in [5.74, 6) is 0.747. The van der Waals surface area contributed by atoms with Crippen molar-refractivity contribution in [2.75, 3.05) is 26.7 Å². The second kappa shape index (κ2) is 7.34. The summed E-state index contributed by atoms with van der Waals surface area (Å²) < 4.78 is 0. The van der Waals surface area contributed by atoms with Crippen LogP contribution in [0.25, 0.3) is 0 Å². The van der Waals surface area contributed by atoms with Crippen molar-refractivity contribution < 1.29 is 0 Å². The summed E-state index contributed by atoms with van der Waals surface area (Å²) in [4.78, 5) is 2.33. The minimum atomic E-state index is 0.685. The van der Waals surface area contributed by atoms with Crippen LogP contribution >= 0.6 is 0 Å². The predicted octanol–water partition coefficient (Wildman–Crippen LogP) is 1.96. The van der Waals surface area contributed by atoms with E-state index in [0.717, 1.165) is 25.6 Å². The molecule has 0 aromatic heterocycles. The molecule has 0 saturated carbocycles. The Morgan fingerprint density at radius 2 is 1.85 bits per heavy atom. The van der Waals surface area contributed by atoms with Gasteiger partial charge in [0.2, 0.25) is 0 Å². The summed E-state index contributed by atoms with van der Waals surface area (Å²) in [6.45, 7) is 12.4. The molecule has 1 atom stereocenters. The molecular formula is C11H26N2. The van der Waals surface area contributed by atoms with Gasteiger partial charge in [-0.2, -0.15) is 0 Å². The van der Waals surface area contributed by atoms with Crippen LogP contribution in [0.4, 0.5) is 0 Å². The average Bonchev–Trinajstić information content (AvgIpc) is 2.11. The molecule has 0 spiro atoms. The van der Waals surface area contributed by atoms with Crippen LogP contribution < -0.4 is 5.32 Å². The van der Waals surface area contributed by atoms with E-state index in [4.69, 9.17) is 0 Å². The number of hydrogen-bond acceptors (Lipinski definition) is 2. The summed E-state index contributed by atoms with van der Waals surface area (Å²) in [6, 6.07) is 0.685. The molecule has 2 nitrogen and oxygen atoms in total. The summed E-state index contributed by atoms with van der Waals surface area (Å²) >= 11 is 0. The van der Waals surface area contributed by atoms with Gasteiger partial charge in [-0.25, -0.2) is 0 Å². The Balaban J connectivity index is 3.49. The molecule has 0 aliphatic carbocycles. The third kappa shape index (κ3) is 6.05. The van der Waals surface area contributed by atoms with E-state index in [9.17, 15) is 0 Å². The Labute approximate surface area is 83.7 Å². The monoisotopic (exact) mass is 186 g/mol. The van der Waals surface area contributed by atoms with E-state index in [-0.39, 0.29) is 0 Å². The fourth-order valence-corrected chi connectivity index (χ4v) is 1.45. The maximum absolute atomic E-state index is 3.59. The summed E-state index contributed by atoms with van der Waals surface area (Å²) in [7, 11) is 2.16. The third-order valence-corrected chi connectivity index (χ3v) is 2.68. The first-order valence-corrected chi connectivity index (χ1v) is 5.53. The lowest BCUT2D eigenvalue weighted by Gasteiger charge is -2.22. The van der Waals surface area contributed by atoms with Crippen molar-refractivity contribution in [3.05, 3.63) is 0 Å². The van der Waals surface area contributed by atoms with Crippen LogP contribution in [0.5, 0.6) is 0 Å². The molecule has 0 radical (unpaired) electrons. The molecule has 0 fully saturated rings. The second-order valence-electron chi connectivity index (χ2n) is 4.11. The number of likely N-dealkylation sites (N-methyl/N-ethyl adjacent to an activating group) is 1. The Hall–Kier alpha value is -0.0800. The quantitative estimate of drug-likeness (QED) is 0.654. The lowest BCUT2D eigenvalue weighted by Crippen LogP contribution is -2.38. The number of rotatable bonds is 7. The number of hydrogen-bond donors (Lipinski definition) is 1. The fraction of sp³-hybridized carbons (Fsp3) is 1.00.